The molecule has 3 heterocycles. The second-order valence-corrected chi connectivity index (χ2v) is 17.2. The highest BCUT2D eigenvalue weighted by molar-refractivity contribution is 6.30. The molecular weight excluding hydrogens is 753 g/mol. The average Bonchev–Trinajstić information content (AvgIpc) is 3.92. The van der Waals surface area contributed by atoms with E-state index in [1.54, 1.807) is 0 Å². The lowest BCUT2D eigenvalue weighted by Gasteiger charge is -2.28. The lowest BCUT2D eigenvalue weighted by atomic mass is 9.82. The largest absolute Gasteiger partial charge is 0.310 e. The number of imidazole rings is 1. The summed E-state index contributed by atoms with van der Waals surface area (Å²) in [5.41, 5.74) is 19.0. The smallest absolute Gasteiger partial charge is 0.145 e. The van der Waals surface area contributed by atoms with E-state index in [2.05, 4.69) is 234 Å². The molecule has 62 heavy (non-hydrogen) atoms. The van der Waals surface area contributed by atoms with E-state index < -0.39 is 0 Å². The van der Waals surface area contributed by atoms with Crippen LogP contribution in [0.1, 0.15) is 25.0 Å². The van der Waals surface area contributed by atoms with E-state index >= 15 is 0 Å². The number of hydrogen-bond acceptors (Lipinski definition) is 2. The number of hydrogen-bond donors (Lipinski definition) is 0. The minimum absolute atomic E-state index is 0.0799. The molecule has 3 aromatic heterocycles. The highest BCUT2D eigenvalue weighted by Gasteiger charge is 2.35. The SMILES string of the molecule is CC1(C)c2ccccc2-c2ccc(N(c3ccccc3)c3ccc(-c4ccc(-n5c6cccc7c8ccccc8n8c(-c9ccccc9)nc9ccc5c(c76)c98)cc4)cc3)cc21. The number of rotatable bonds is 6. The maximum absolute atomic E-state index is 5.30. The second-order valence-electron chi connectivity index (χ2n) is 17.2. The minimum Gasteiger partial charge on any atom is -0.310 e. The molecule has 0 amide bonds. The Kier molecular flexibility index (Phi) is 7.32. The summed E-state index contributed by atoms with van der Waals surface area (Å²) < 4.78 is 4.82. The van der Waals surface area contributed by atoms with Crippen LogP contribution in [0.2, 0.25) is 0 Å². The van der Waals surface area contributed by atoms with E-state index in [0.717, 1.165) is 50.7 Å². The van der Waals surface area contributed by atoms with Crippen LogP contribution in [0.25, 0.3) is 88.5 Å². The van der Waals surface area contributed by atoms with Crippen molar-refractivity contribution in [1.29, 1.82) is 0 Å². The van der Waals surface area contributed by atoms with Gasteiger partial charge in [-0.2, -0.15) is 0 Å². The van der Waals surface area contributed by atoms with Gasteiger partial charge in [0.2, 0.25) is 0 Å². The molecule has 292 valence electrons. The van der Waals surface area contributed by atoms with Crippen LogP contribution in [0.5, 0.6) is 0 Å². The fourth-order valence-electron chi connectivity index (χ4n) is 10.6. The first-order valence-corrected chi connectivity index (χ1v) is 21.5. The Labute approximate surface area is 359 Å². The molecule has 0 unspecified atom stereocenters. The van der Waals surface area contributed by atoms with Gasteiger partial charge in [0.25, 0.3) is 0 Å². The van der Waals surface area contributed by atoms with Gasteiger partial charge in [0.05, 0.1) is 27.6 Å². The van der Waals surface area contributed by atoms with Crippen molar-refractivity contribution in [2.24, 2.45) is 0 Å². The molecule has 0 fully saturated rings. The molecule has 1 aliphatic rings. The van der Waals surface area contributed by atoms with Crippen molar-refractivity contribution in [2.45, 2.75) is 19.3 Å². The number of fused-ring (bicyclic) bond motifs is 6. The van der Waals surface area contributed by atoms with E-state index in [9.17, 15) is 0 Å². The summed E-state index contributed by atoms with van der Waals surface area (Å²) in [6.07, 6.45) is 0. The summed E-state index contributed by atoms with van der Waals surface area (Å²) in [7, 11) is 0. The molecule has 0 bridgehead atoms. The number of benzene rings is 9. The third-order valence-corrected chi connectivity index (χ3v) is 13.5. The van der Waals surface area contributed by atoms with Crippen LogP contribution < -0.4 is 4.90 Å². The van der Waals surface area contributed by atoms with Crippen LogP contribution in [-0.4, -0.2) is 14.0 Å². The van der Waals surface area contributed by atoms with Crippen LogP contribution >= 0.6 is 0 Å². The summed E-state index contributed by atoms with van der Waals surface area (Å²) in [4.78, 5) is 7.67. The van der Waals surface area contributed by atoms with Gasteiger partial charge >= 0.3 is 0 Å². The van der Waals surface area contributed by atoms with Crippen molar-refractivity contribution in [3.8, 4) is 39.3 Å². The fraction of sp³-hybridized carbons (Fsp3) is 0.0517. The van der Waals surface area contributed by atoms with Crippen LogP contribution in [0, 0.1) is 0 Å². The third-order valence-electron chi connectivity index (χ3n) is 13.5. The quantitative estimate of drug-likeness (QED) is 0.168. The molecule has 0 aliphatic heterocycles. The monoisotopic (exact) mass is 792 g/mol. The Hall–Kier alpha value is -7.95. The van der Waals surface area contributed by atoms with E-state index in [1.165, 1.54) is 66.0 Å². The zero-order valence-corrected chi connectivity index (χ0v) is 34.4. The predicted octanol–water partition coefficient (Wildman–Crippen LogP) is 15.3. The number of nitrogens with zero attached hydrogens (tertiary/aromatic N) is 4. The molecule has 1 aliphatic carbocycles. The van der Waals surface area contributed by atoms with Gasteiger partial charge in [0, 0.05) is 49.9 Å². The van der Waals surface area contributed by atoms with Gasteiger partial charge in [-0.25, -0.2) is 4.98 Å². The van der Waals surface area contributed by atoms with Gasteiger partial charge in [-0.3, -0.25) is 4.40 Å². The van der Waals surface area contributed by atoms with Crippen molar-refractivity contribution in [3.05, 3.63) is 217 Å². The fourth-order valence-corrected chi connectivity index (χ4v) is 10.6. The highest BCUT2D eigenvalue weighted by Crippen LogP contribution is 2.51. The standard InChI is InChI=1S/C58H40N4/c1-58(2)48-21-11-9-18-44(48)45-33-32-43(36-49(45)58)60(40-16-7-4-8-17-40)41-28-24-37(25-29-41)38-26-30-42(31-27-38)61-52-23-13-20-47-46-19-10-12-22-51(46)62-56-50(34-35-53(61)55(56)54(47)52)59-57(62)39-14-5-3-6-15-39/h3-36H,1-2H3. The summed E-state index contributed by atoms with van der Waals surface area (Å²) in [5.74, 6) is 0.957. The first-order chi connectivity index (χ1) is 30.5. The van der Waals surface area contributed by atoms with Crippen molar-refractivity contribution in [2.75, 3.05) is 4.90 Å². The zero-order chi connectivity index (χ0) is 41.1. The minimum atomic E-state index is -0.0799. The van der Waals surface area contributed by atoms with Gasteiger partial charge in [-0.15, -0.1) is 0 Å². The Balaban J connectivity index is 0.912. The molecule has 4 nitrogen and oxygen atoms in total. The Bertz CT molecular complexity index is 3690. The molecule has 12 aromatic rings. The number of para-hydroxylation sites is 2. The molecule has 0 spiro atoms. The van der Waals surface area contributed by atoms with Gasteiger partial charge in [-0.05, 0) is 112 Å². The Morgan fingerprint density at radius 1 is 0.435 bits per heavy atom. The van der Waals surface area contributed by atoms with Crippen LogP contribution in [-0.2, 0) is 5.41 Å². The predicted molar refractivity (Wildman–Crippen MR) is 259 cm³/mol. The van der Waals surface area contributed by atoms with Gasteiger partial charge in [-0.1, -0.05) is 147 Å². The lowest BCUT2D eigenvalue weighted by Crippen LogP contribution is -2.16. The summed E-state index contributed by atoms with van der Waals surface area (Å²) in [6, 6.07) is 75.2. The molecule has 0 saturated heterocycles. The molecule has 0 saturated carbocycles. The van der Waals surface area contributed by atoms with Crippen molar-refractivity contribution < 1.29 is 0 Å². The maximum Gasteiger partial charge on any atom is 0.145 e. The normalized spacial score (nSPS) is 13.1. The number of aromatic nitrogens is 3. The van der Waals surface area contributed by atoms with Crippen molar-refractivity contribution in [1.82, 2.24) is 14.0 Å². The molecule has 0 atom stereocenters. The van der Waals surface area contributed by atoms with Gasteiger partial charge in [0.15, 0.2) is 0 Å². The summed E-state index contributed by atoms with van der Waals surface area (Å²) >= 11 is 0. The molecule has 9 aromatic carbocycles. The summed E-state index contributed by atoms with van der Waals surface area (Å²) in [6.45, 7) is 4.69. The average molecular weight is 793 g/mol. The highest BCUT2D eigenvalue weighted by atomic mass is 15.1. The molecule has 0 radical (unpaired) electrons. The van der Waals surface area contributed by atoms with E-state index in [-0.39, 0.29) is 5.41 Å². The number of anilines is 3. The van der Waals surface area contributed by atoms with Crippen LogP contribution in [0.3, 0.4) is 0 Å². The van der Waals surface area contributed by atoms with Crippen LogP contribution in [0.15, 0.2) is 206 Å². The van der Waals surface area contributed by atoms with E-state index in [1.807, 2.05) is 0 Å². The van der Waals surface area contributed by atoms with Crippen molar-refractivity contribution in [3.63, 3.8) is 0 Å². The first-order valence-electron chi connectivity index (χ1n) is 21.5. The topological polar surface area (TPSA) is 25.5 Å². The maximum atomic E-state index is 5.30. The Morgan fingerprint density at radius 3 is 1.85 bits per heavy atom. The molecule has 4 heteroatoms. The zero-order valence-electron chi connectivity index (χ0n) is 34.4. The first kappa shape index (κ1) is 34.9. The van der Waals surface area contributed by atoms with E-state index in [0.29, 0.717) is 0 Å². The second kappa shape index (κ2) is 13.0. The van der Waals surface area contributed by atoms with E-state index in [4.69, 9.17) is 4.98 Å². The van der Waals surface area contributed by atoms with Crippen LogP contribution in [0.4, 0.5) is 17.1 Å². The van der Waals surface area contributed by atoms with Gasteiger partial charge < -0.3 is 9.47 Å². The molecule has 0 N–H and O–H groups in total. The molecular formula is C58H40N4. The molecule has 13 rings (SSSR count). The summed E-state index contributed by atoms with van der Waals surface area (Å²) in [5, 5.41) is 4.95. The third kappa shape index (κ3) is 4.92. The lowest BCUT2D eigenvalue weighted by molar-refractivity contribution is 0.660. The van der Waals surface area contributed by atoms with Gasteiger partial charge in [0.1, 0.15) is 5.82 Å². The Morgan fingerprint density at radius 2 is 1.05 bits per heavy atom. The van der Waals surface area contributed by atoms with Crippen molar-refractivity contribution >= 4 is 66.2 Å².